The maximum absolute atomic E-state index is 12.6. The van der Waals surface area contributed by atoms with E-state index in [9.17, 15) is 9.59 Å². The molecular formula is C25H25N3O4. The molecule has 0 saturated heterocycles. The molecule has 0 unspecified atom stereocenters. The van der Waals surface area contributed by atoms with Gasteiger partial charge in [0.2, 0.25) is 0 Å². The largest absolute Gasteiger partial charge is 0.469 e. The summed E-state index contributed by atoms with van der Waals surface area (Å²) in [5.74, 6) is 0.520. The van der Waals surface area contributed by atoms with Crippen LogP contribution in [-0.4, -0.2) is 28.7 Å². The number of methoxy groups -OCH3 is 1. The third-order valence-electron chi connectivity index (χ3n) is 6.32. The second-order valence-electron chi connectivity index (χ2n) is 8.64. The summed E-state index contributed by atoms with van der Waals surface area (Å²) in [5, 5.41) is 6.04. The molecule has 0 aliphatic heterocycles. The van der Waals surface area contributed by atoms with Gasteiger partial charge < -0.3 is 19.6 Å². The van der Waals surface area contributed by atoms with Crippen molar-refractivity contribution < 1.29 is 18.8 Å². The summed E-state index contributed by atoms with van der Waals surface area (Å²) in [6, 6.07) is 9.90. The van der Waals surface area contributed by atoms with Crippen molar-refractivity contribution in [1.29, 1.82) is 0 Å². The molecule has 32 heavy (non-hydrogen) atoms. The summed E-state index contributed by atoms with van der Waals surface area (Å²) in [5.41, 5.74) is 11.5. The van der Waals surface area contributed by atoms with E-state index < -0.39 is 5.91 Å². The van der Waals surface area contributed by atoms with Gasteiger partial charge >= 0.3 is 5.97 Å². The fraction of sp³-hybridized carbons (Fsp3) is 0.320. The Labute approximate surface area is 185 Å². The Morgan fingerprint density at radius 3 is 2.59 bits per heavy atom. The number of fused-ring (bicyclic) bond motifs is 3. The number of aromatic nitrogens is 2. The van der Waals surface area contributed by atoms with Crippen molar-refractivity contribution in [3.05, 3.63) is 52.9 Å². The van der Waals surface area contributed by atoms with Gasteiger partial charge in [-0.25, -0.2) is 0 Å². The van der Waals surface area contributed by atoms with Gasteiger partial charge in [-0.2, -0.15) is 0 Å². The van der Waals surface area contributed by atoms with Crippen molar-refractivity contribution in [3.63, 3.8) is 0 Å². The number of carbonyl (C=O) groups excluding carboxylic acids is 2. The van der Waals surface area contributed by atoms with Crippen molar-refractivity contribution >= 4 is 33.7 Å². The quantitative estimate of drug-likeness (QED) is 0.459. The van der Waals surface area contributed by atoms with Crippen LogP contribution < -0.4 is 5.73 Å². The molecule has 2 heterocycles. The Bertz CT molecular complexity index is 1370. The highest BCUT2D eigenvalue weighted by molar-refractivity contribution is 6.17. The van der Waals surface area contributed by atoms with Gasteiger partial charge in [0.15, 0.2) is 0 Å². The van der Waals surface area contributed by atoms with E-state index in [1.807, 2.05) is 38.1 Å². The summed E-state index contributed by atoms with van der Waals surface area (Å²) in [4.78, 5) is 24.4. The standard InChI is InChI=1S/C25H25N3O4/c1-13-23(14(2)32-27-13)17-10-19-18-7-6-16(9-22(29)31-3)8-21(18)28(12-15-4-5-15)24(19)20(11-17)25(26)30/h6-8,10-11,15H,4-5,9,12H2,1-3H3,(H2,26,30). The van der Waals surface area contributed by atoms with Crippen molar-refractivity contribution in [3.8, 4) is 11.1 Å². The summed E-state index contributed by atoms with van der Waals surface area (Å²) >= 11 is 0. The van der Waals surface area contributed by atoms with Gasteiger partial charge in [-0.3, -0.25) is 9.59 Å². The first-order valence-corrected chi connectivity index (χ1v) is 10.8. The lowest BCUT2D eigenvalue weighted by Gasteiger charge is -2.11. The van der Waals surface area contributed by atoms with E-state index in [-0.39, 0.29) is 12.4 Å². The predicted molar refractivity (Wildman–Crippen MR) is 121 cm³/mol. The third kappa shape index (κ3) is 3.34. The van der Waals surface area contributed by atoms with Gasteiger partial charge in [0.1, 0.15) is 5.76 Å². The lowest BCUT2D eigenvalue weighted by Crippen LogP contribution is -2.14. The first kappa shape index (κ1) is 20.3. The van der Waals surface area contributed by atoms with Gasteiger partial charge in [-0.1, -0.05) is 17.3 Å². The number of amides is 1. The predicted octanol–water partition coefficient (Wildman–Crippen LogP) is 4.29. The van der Waals surface area contributed by atoms with E-state index in [2.05, 4.69) is 15.8 Å². The molecule has 2 aromatic heterocycles. The average Bonchev–Trinajstić information content (AvgIpc) is 3.46. The number of rotatable bonds is 6. The first-order chi connectivity index (χ1) is 15.4. The number of benzene rings is 2. The molecule has 2 N–H and O–H groups in total. The van der Waals surface area contributed by atoms with Crippen LogP contribution >= 0.6 is 0 Å². The number of hydrogen-bond donors (Lipinski definition) is 1. The molecule has 0 bridgehead atoms. The van der Waals surface area contributed by atoms with Gasteiger partial charge in [-0.15, -0.1) is 0 Å². The van der Waals surface area contributed by atoms with Crippen LogP contribution in [0.4, 0.5) is 0 Å². The monoisotopic (exact) mass is 431 g/mol. The van der Waals surface area contributed by atoms with Crippen molar-refractivity contribution in [2.75, 3.05) is 7.11 Å². The molecular weight excluding hydrogens is 406 g/mol. The Balaban J connectivity index is 1.82. The number of hydrogen-bond acceptors (Lipinski definition) is 5. The summed E-state index contributed by atoms with van der Waals surface area (Å²) in [7, 11) is 1.39. The van der Waals surface area contributed by atoms with E-state index in [1.165, 1.54) is 20.0 Å². The minimum Gasteiger partial charge on any atom is -0.469 e. The lowest BCUT2D eigenvalue weighted by molar-refractivity contribution is -0.139. The highest BCUT2D eigenvalue weighted by Crippen LogP contribution is 2.40. The molecule has 7 heteroatoms. The average molecular weight is 431 g/mol. The van der Waals surface area contributed by atoms with Crippen LogP contribution in [0.3, 0.4) is 0 Å². The fourth-order valence-corrected chi connectivity index (χ4v) is 4.60. The number of carbonyl (C=O) groups is 2. The van der Waals surface area contributed by atoms with Crippen LogP contribution in [0.1, 0.15) is 40.2 Å². The van der Waals surface area contributed by atoms with E-state index in [0.717, 1.165) is 50.7 Å². The second-order valence-corrected chi connectivity index (χ2v) is 8.64. The van der Waals surface area contributed by atoms with Crippen LogP contribution in [0.15, 0.2) is 34.9 Å². The van der Waals surface area contributed by atoms with Crippen LogP contribution in [0.25, 0.3) is 32.9 Å². The van der Waals surface area contributed by atoms with Gasteiger partial charge in [0.05, 0.1) is 30.3 Å². The van der Waals surface area contributed by atoms with Gasteiger partial charge in [0.25, 0.3) is 5.91 Å². The molecule has 0 spiro atoms. The van der Waals surface area contributed by atoms with Crippen molar-refractivity contribution in [2.45, 2.75) is 39.7 Å². The van der Waals surface area contributed by atoms with Crippen molar-refractivity contribution in [1.82, 2.24) is 9.72 Å². The van der Waals surface area contributed by atoms with Gasteiger partial charge in [-0.05, 0) is 61.9 Å². The lowest BCUT2D eigenvalue weighted by atomic mass is 9.97. The smallest absolute Gasteiger partial charge is 0.309 e. The summed E-state index contributed by atoms with van der Waals surface area (Å²) < 4.78 is 12.4. The zero-order chi connectivity index (χ0) is 22.6. The number of nitrogens with zero attached hydrogens (tertiary/aromatic N) is 2. The number of aryl methyl sites for hydroxylation is 2. The Morgan fingerprint density at radius 2 is 1.97 bits per heavy atom. The molecule has 5 rings (SSSR count). The van der Waals surface area contributed by atoms with Crippen LogP contribution in [0.5, 0.6) is 0 Å². The van der Waals surface area contributed by atoms with Crippen LogP contribution in [0, 0.1) is 19.8 Å². The fourth-order valence-electron chi connectivity index (χ4n) is 4.60. The zero-order valence-corrected chi connectivity index (χ0v) is 18.4. The molecule has 1 saturated carbocycles. The summed E-state index contributed by atoms with van der Waals surface area (Å²) in [6.07, 6.45) is 2.54. The third-order valence-corrected chi connectivity index (χ3v) is 6.32. The molecule has 1 fully saturated rings. The molecule has 7 nitrogen and oxygen atoms in total. The number of esters is 1. The van der Waals surface area contributed by atoms with E-state index >= 15 is 0 Å². The molecule has 1 amide bonds. The number of nitrogens with two attached hydrogens (primary N) is 1. The minimum absolute atomic E-state index is 0.199. The van der Waals surface area contributed by atoms with E-state index in [1.54, 1.807) is 0 Å². The highest BCUT2D eigenvalue weighted by atomic mass is 16.5. The maximum Gasteiger partial charge on any atom is 0.309 e. The maximum atomic E-state index is 12.6. The Morgan fingerprint density at radius 1 is 1.19 bits per heavy atom. The number of ether oxygens (including phenoxy) is 1. The van der Waals surface area contributed by atoms with E-state index in [4.69, 9.17) is 15.0 Å². The molecule has 164 valence electrons. The van der Waals surface area contributed by atoms with Crippen LogP contribution in [-0.2, 0) is 22.5 Å². The molecule has 0 radical (unpaired) electrons. The van der Waals surface area contributed by atoms with Crippen molar-refractivity contribution in [2.24, 2.45) is 11.7 Å². The van der Waals surface area contributed by atoms with E-state index in [0.29, 0.717) is 17.2 Å². The SMILES string of the molecule is COC(=O)Cc1ccc2c3cc(-c4c(C)noc4C)cc(C(N)=O)c3n(CC3CC3)c2c1. The topological polar surface area (TPSA) is 100 Å². The zero-order valence-electron chi connectivity index (χ0n) is 18.4. The number of primary amides is 1. The highest BCUT2D eigenvalue weighted by Gasteiger charge is 2.26. The summed E-state index contributed by atoms with van der Waals surface area (Å²) in [6.45, 7) is 4.56. The molecule has 4 aromatic rings. The second kappa shape index (κ2) is 7.51. The Hall–Kier alpha value is -3.61. The first-order valence-electron chi connectivity index (χ1n) is 10.8. The minimum atomic E-state index is -0.474. The molecule has 1 aliphatic carbocycles. The normalized spacial score (nSPS) is 13.7. The van der Waals surface area contributed by atoms with Gasteiger partial charge in [0, 0.05) is 28.4 Å². The molecule has 0 atom stereocenters. The molecule has 2 aromatic carbocycles. The Kier molecular flexibility index (Phi) is 4.77. The molecule has 1 aliphatic rings. The van der Waals surface area contributed by atoms with Crippen LogP contribution in [0.2, 0.25) is 0 Å².